The Balaban J connectivity index is 1.91. The number of anilines is 1. The number of nitrogens with zero attached hydrogens (tertiary/aromatic N) is 4. The van der Waals surface area contributed by atoms with Gasteiger partial charge < -0.3 is 10.0 Å². The quantitative estimate of drug-likeness (QED) is 0.659. The second-order valence-electron chi connectivity index (χ2n) is 4.88. The Bertz CT molecular complexity index is 653. The Labute approximate surface area is 115 Å². The molecule has 0 radical (unpaired) electrons. The Morgan fingerprint density at radius 1 is 1.30 bits per heavy atom. The Morgan fingerprint density at radius 3 is 2.75 bits per heavy atom. The van der Waals surface area contributed by atoms with E-state index in [1.165, 1.54) is 12.1 Å². The molecule has 0 saturated carbocycles. The summed E-state index contributed by atoms with van der Waals surface area (Å²) in [5.74, 6) is 0.748. The molecule has 0 bridgehead atoms. The van der Waals surface area contributed by atoms with Crippen LogP contribution < -0.4 is 4.90 Å². The zero-order chi connectivity index (χ0) is 14.1. The fraction of sp³-hybridized carbons (Fsp3) is 0.385. The topological polar surface area (TPSA) is 92.4 Å². The number of aromatic nitrogens is 2. The first-order valence-electron chi connectivity index (χ1n) is 6.48. The zero-order valence-electron chi connectivity index (χ0n) is 10.8. The predicted octanol–water partition coefficient (Wildman–Crippen LogP) is 1.50. The van der Waals surface area contributed by atoms with Crippen LogP contribution in [0.2, 0.25) is 0 Å². The summed E-state index contributed by atoms with van der Waals surface area (Å²) in [4.78, 5) is 21.1. The minimum absolute atomic E-state index is 0.0145. The minimum Gasteiger partial charge on any atom is -0.393 e. The molecule has 104 valence electrons. The van der Waals surface area contributed by atoms with Crippen LogP contribution in [0, 0.1) is 10.1 Å². The van der Waals surface area contributed by atoms with Gasteiger partial charge in [-0.3, -0.25) is 15.1 Å². The predicted molar refractivity (Wildman–Crippen MR) is 73.6 cm³/mol. The fourth-order valence-electron chi connectivity index (χ4n) is 2.35. The highest BCUT2D eigenvalue weighted by molar-refractivity contribution is 5.78. The summed E-state index contributed by atoms with van der Waals surface area (Å²) in [7, 11) is 0. The number of aliphatic hydroxyl groups excluding tert-OH is 1. The summed E-state index contributed by atoms with van der Waals surface area (Å²) < 4.78 is 0. The van der Waals surface area contributed by atoms with Gasteiger partial charge in [0.2, 0.25) is 0 Å². The number of nitro benzene ring substituents is 1. The third-order valence-electron chi connectivity index (χ3n) is 3.51. The number of aliphatic hydroxyl groups is 1. The third kappa shape index (κ3) is 2.39. The molecule has 1 fully saturated rings. The van der Waals surface area contributed by atoms with Crippen LogP contribution in [0.15, 0.2) is 24.4 Å². The smallest absolute Gasteiger partial charge is 0.271 e. The van der Waals surface area contributed by atoms with Crippen LogP contribution in [-0.4, -0.2) is 39.2 Å². The van der Waals surface area contributed by atoms with Gasteiger partial charge in [0.15, 0.2) is 0 Å². The molecular weight excluding hydrogens is 260 g/mol. The molecule has 2 heterocycles. The van der Waals surface area contributed by atoms with E-state index in [9.17, 15) is 15.2 Å². The van der Waals surface area contributed by atoms with Gasteiger partial charge in [0.1, 0.15) is 5.82 Å². The average molecular weight is 274 g/mol. The summed E-state index contributed by atoms with van der Waals surface area (Å²) in [6, 6.07) is 4.47. The molecule has 7 heteroatoms. The van der Waals surface area contributed by atoms with Gasteiger partial charge in [0, 0.05) is 25.2 Å². The van der Waals surface area contributed by atoms with Gasteiger partial charge in [0.25, 0.3) is 5.69 Å². The molecule has 0 atom stereocenters. The van der Waals surface area contributed by atoms with E-state index in [1.807, 2.05) is 0 Å². The van der Waals surface area contributed by atoms with Gasteiger partial charge >= 0.3 is 0 Å². The molecule has 1 N–H and O–H groups in total. The van der Waals surface area contributed by atoms with Gasteiger partial charge in [-0.25, -0.2) is 4.98 Å². The van der Waals surface area contributed by atoms with E-state index < -0.39 is 4.92 Å². The normalized spacial score (nSPS) is 16.6. The van der Waals surface area contributed by atoms with Crippen LogP contribution in [0.1, 0.15) is 12.8 Å². The van der Waals surface area contributed by atoms with Crippen LogP contribution in [0.5, 0.6) is 0 Å². The maximum absolute atomic E-state index is 10.7. The summed E-state index contributed by atoms with van der Waals surface area (Å²) in [6.07, 6.45) is 2.84. The molecule has 0 spiro atoms. The van der Waals surface area contributed by atoms with E-state index in [0.29, 0.717) is 11.0 Å². The third-order valence-corrected chi connectivity index (χ3v) is 3.51. The first-order valence-corrected chi connectivity index (χ1v) is 6.48. The summed E-state index contributed by atoms with van der Waals surface area (Å²) >= 11 is 0. The summed E-state index contributed by atoms with van der Waals surface area (Å²) in [5, 5.41) is 20.2. The lowest BCUT2D eigenvalue weighted by Gasteiger charge is -2.30. The molecule has 0 amide bonds. The van der Waals surface area contributed by atoms with Crippen LogP contribution in [-0.2, 0) is 0 Å². The average Bonchev–Trinajstić information content (AvgIpc) is 2.47. The van der Waals surface area contributed by atoms with Crippen LogP contribution in [0.25, 0.3) is 11.0 Å². The number of benzene rings is 1. The van der Waals surface area contributed by atoms with E-state index in [4.69, 9.17) is 0 Å². The highest BCUT2D eigenvalue weighted by Gasteiger charge is 2.18. The Hall–Kier alpha value is -2.28. The molecular formula is C13H14N4O3. The van der Waals surface area contributed by atoms with Crippen molar-refractivity contribution in [1.29, 1.82) is 0 Å². The summed E-state index contributed by atoms with van der Waals surface area (Å²) in [5.41, 5.74) is 1.17. The van der Waals surface area contributed by atoms with Crippen molar-refractivity contribution < 1.29 is 10.0 Å². The molecule has 2 aromatic rings. The number of piperidine rings is 1. The maximum atomic E-state index is 10.7. The van der Waals surface area contributed by atoms with E-state index >= 15 is 0 Å². The van der Waals surface area contributed by atoms with Crippen molar-refractivity contribution in [3.63, 3.8) is 0 Å². The SMILES string of the molecule is O=[N+]([O-])c1ccc2nc(N3CCC(O)CC3)cnc2c1. The first kappa shape index (κ1) is 12.7. The number of fused-ring (bicyclic) bond motifs is 1. The lowest BCUT2D eigenvalue weighted by atomic mass is 10.1. The summed E-state index contributed by atoms with van der Waals surface area (Å²) in [6.45, 7) is 1.49. The van der Waals surface area contributed by atoms with Crippen molar-refractivity contribution >= 4 is 22.5 Å². The van der Waals surface area contributed by atoms with Gasteiger partial charge in [-0.2, -0.15) is 0 Å². The molecule has 1 aliphatic heterocycles. The molecule has 20 heavy (non-hydrogen) atoms. The van der Waals surface area contributed by atoms with Crippen molar-refractivity contribution in [2.24, 2.45) is 0 Å². The van der Waals surface area contributed by atoms with Gasteiger partial charge in [0.05, 0.1) is 28.3 Å². The molecule has 0 aliphatic carbocycles. The molecule has 0 unspecified atom stereocenters. The highest BCUT2D eigenvalue weighted by atomic mass is 16.6. The van der Waals surface area contributed by atoms with Crippen LogP contribution in [0.3, 0.4) is 0 Å². The second-order valence-corrected chi connectivity index (χ2v) is 4.88. The molecule has 1 aromatic carbocycles. The highest BCUT2D eigenvalue weighted by Crippen LogP contribution is 2.22. The standard InChI is InChI=1S/C13H14N4O3/c18-10-3-5-16(6-4-10)13-8-14-12-7-9(17(19)20)1-2-11(12)15-13/h1-2,7-8,10,18H,3-6H2. The number of hydrogen-bond acceptors (Lipinski definition) is 6. The van der Waals surface area contributed by atoms with Crippen molar-refractivity contribution in [1.82, 2.24) is 9.97 Å². The first-order chi connectivity index (χ1) is 9.63. The molecule has 7 nitrogen and oxygen atoms in total. The second kappa shape index (κ2) is 5.01. The van der Waals surface area contributed by atoms with E-state index in [1.54, 1.807) is 12.3 Å². The van der Waals surface area contributed by atoms with Gasteiger partial charge in [-0.1, -0.05) is 0 Å². The van der Waals surface area contributed by atoms with E-state index in [2.05, 4.69) is 14.9 Å². The number of rotatable bonds is 2. The Kier molecular flexibility index (Phi) is 3.19. The number of non-ortho nitro benzene ring substituents is 1. The van der Waals surface area contributed by atoms with E-state index in [-0.39, 0.29) is 11.8 Å². The maximum Gasteiger partial charge on any atom is 0.271 e. The van der Waals surface area contributed by atoms with Gasteiger partial charge in [-0.05, 0) is 18.9 Å². The molecule has 1 aromatic heterocycles. The molecule has 3 rings (SSSR count). The zero-order valence-corrected chi connectivity index (χ0v) is 10.8. The Morgan fingerprint density at radius 2 is 2.05 bits per heavy atom. The van der Waals surface area contributed by atoms with Crippen molar-refractivity contribution in [3.8, 4) is 0 Å². The lowest BCUT2D eigenvalue weighted by molar-refractivity contribution is -0.384. The molecule has 1 aliphatic rings. The van der Waals surface area contributed by atoms with Crippen molar-refractivity contribution in [3.05, 3.63) is 34.5 Å². The number of hydrogen-bond donors (Lipinski definition) is 1. The van der Waals surface area contributed by atoms with Gasteiger partial charge in [-0.15, -0.1) is 0 Å². The van der Waals surface area contributed by atoms with Crippen molar-refractivity contribution in [2.75, 3.05) is 18.0 Å². The van der Waals surface area contributed by atoms with Crippen LogP contribution >= 0.6 is 0 Å². The van der Waals surface area contributed by atoms with E-state index in [0.717, 1.165) is 31.7 Å². The fourth-order valence-corrected chi connectivity index (χ4v) is 2.35. The number of nitro groups is 1. The van der Waals surface area contributed by atoms with Crippen LogP contribution in [0.4, 0.5) is 11.5 Å². The largest absolute Gasteiger partial charge is 0.393 e. The van der Waals surface area contributed by atoms with Crippen molar-refractivity contribution in [2.45, 2.75) is 18.9 Å². The monoisotopic (exact) mass is 274 g/mol. The minimum atomic E-state index is -0.443. The lowest BCUT2D eigenvalue weighted by Crippen LogP contribution is -2.36. The molecule has 1 saturated heterocycles.